The number of allylic oxidation sites excluding steroid dienone is 1. The van der Waals surface area contributed by atoms with Gasteiger partial charge in [-0.25, -0.2) is 0 Å². The molecule has 0 radical (unpaired) electrons. The van der Waals surface area contributed by atoms with Gasteiger partial charge in [-0.05, 0) is 0 Å². The smallest absolute Gasteiger partial charge is 0.212 e. The predicted molar refractivity (Wildman–Crippen MR) is 32.1 cm³/mol. The van der Waals surface area contributed by atoms with Crippen LogP contribution in [0.15, 0.2) is 12.3 Å². The molecule has 0 heterocycles. The fourth-order valence-electron chi connectivity index (χ4n) is 0.0845. The molecule has 0 unspecified atom stereocenters. The molecule has 0 amide bonds. The third-order valence-corrected chi connectivity index (χ3v) is 0.641. The molecule has 0 saturated heterocycles. The number of hydrogen-bond acceptors (Lipinski definition) is 1. The average Bonchev–Trinajstić information content (AvgIpc) is 1.30. The first-order valence-corrected chi connectivity index (χ1v) is 2.58. The topological polar surface area (TPSA) is 20.2 Å². The zero-order valence-corrected chi connectivity index (χ0v) is 5.50. The zero-order valence-electron chi connectivity index (χ0n) is 3.24. The Bertz CT molecular complexity index is 72.7. The molecule has 42 valence electrons. The van der Waals surface area contributed by atoms with Gasteiger partial charge in [0.1, 0.15) is 0 Å². The van der Waals surface area contributed by atoms with E-state index < -0.39 is 3.79 Å². The van der Waals surface area contributed by atoms with E-state index in [1.165, 1.54) is 0 Å². The summed E-state index contributed by atoms with van der Waals surface area (Å²) in [7, 11) is 0. The van der Waals surface area contributed by atoms with Crippen molar-refractivity contribution in [3.8, 4) is 0 Å². The summed E-state index contributed by atoms with van der Waals surface area (Å²) in [6, 6.07) is 0. The van der Waals surface area contributed by atoms with Crippen LogP contribution >= 0.6 is 34.8 Å². The van der Waals surface area contributed by atoms with E-state index in [1.54, 1.807) is 0 Å². The molecule has 0 fully saturated rings. The van der Waals surface area contributed by atoms with Crippen molar-refractivity contribution in [3.05, 3.63) is 12.3 Å². The summed E-state index contributed by atoms with van der Waals surface area (Å²) in [6.45, 7) is 0. The normalized spacial score (nSPS) is 13.0. The molecule has 4 heteroatoms. The van der Waals surface area contributed by atoms with Crippen molar-refractivity contribution in [1.29, 1.82) is 0 Å². The van der Waals surface area contributed by atoms with E-state index in [0.717, 1.165) is 6.08 Å². The highest BCUT2D eigenvalue weighted by atomic mass is 35.6. The molecule has 0 atom stereocenters. The van der Waals surface area contributed by atoms with Crippen LogP contribution in [0, 0.1) is 0 Å². The Kier molecular flexibility index (Phi) is 2.81. The van der Waals surface area contributed by atoms with Crippen LogP contribution in [-0.2, 0) is 0 Å². The van der Waals surface area contributed by atoms with Gasteiger partial charge in [0.2, 0.25) is 3.79 Å². The first-order chi connectivity index (χ1) is 3.06. The maximum atomic E-state index is 7.97. The molecule has 0 aliphatic carbocycles. The molecule has 1 nitrogen and oxygen atoms in total. The van der Waals surface area contributed by atoms with Crippen molar-refractivity contribution >= 4 is 34.8 Å². The Morgan fingerprint density at radius 3 is 1.71 bits per heavy atom. The number of aliphatic hydroxyl groups is 1. The summed E-state index contributed by atoms with van der Waals surface area (Å²) in [5.41, 5.74) is 0. The van der Waals surface area contributed by atoms with E-state index in [2.05, 4.69) is 0 Å². The highest BCUT2D eigenvalue weighted by Crippen LogP contribution is 2.26. The van der Waals surface area contributed by atoms with Gasteiger partial charge in [-0.2, -0.15) is 0 Å². The molecule has 0 saturated carbocycles. The van der Waals surface area contributed by atoms with Crippen molar-refractivity contribution in [1.82, 2.24) is 0 Å². The highest BCUT2D eigenvalue weighted by molar-refractivity contribution is 6.68. The Morgan fingerprint density at radius 1 is 1.29 bits per heavy atom. The van der Waals surface area contributed by atoms with Crippen LogP contribution in [0.2, 0.25) is 0 Å². The van der Waals surface area contributed by atoms with E-state index in [-0.39, 0.29) is 0 Å². The first kappa shape index (κ1) is 7.41. The van der Waals surface area contributed by atoms with Crippen LogP contribution in [0.25, 0.3) is 0 Å². The van der Waals surface area contributed by atoms with Crippen molar-refractivity contribution in [2.24, 2.45) is 0 Å². The van der Waals surface area contributed by atoms with Gasteiger partial charge in [0.05, 0.1) is 6.26 Å². The quantitative estimate of drug-likeness (QED) is 0.427. The highest BCUT2D eigenvalue weighted by Gasteiger charge is 2.13. The molecule has 7 heavy (non-hydrogen) atoms. The first-order valence-electron chi connectivity index (χ1n) is 1.45. The molecule has 1 N–H and O–H groups in total. The maximum Gasteiger partial charge on any atom is 0.212 e. The number of halogens is 3. The van der Waals surface area contributed by atoms with E-state index in [1.807, 2.05) is 0 Å². The zero-order chi connectivity index (χ0) is 5.91. The van der Waals surface area contributed by atoms with E-state index in [0.29, 0.717) is 6.26 Å². The molecular weight excluding hydrogens is 158 g/mol. The molecular formula is C3H3Cl3O. The fourth-order valence-corrected chi connectivity index (χ4v) is 0.254. The second-order valence-corrected chi connectivity index (χ2v) is 3.23. The van der Waals surface area contributed by atoms with E-state index in [9.17, 15) is 0 Å². The molecule has 0 aliphatic rings. The number of alkyl halides is 3. The monoisotopic (exact) mass is 160 g/mol. The molecule has 0 rings (SSSR count). The van der Waals surface area contributed by atoms with Gasteiger partial charge in [-0.3, -0.25) is 0 Å². The third-order valence-electron chi connectivity index (χ3n) is 0.264. The third kappa shape index (κ3) is 6.41. The van der Waals surface area contributed by atoms with Gasteiger partial charge >= 0.3 is 0 Å². The minimum absolute atomic E-state index is 0.688. The molecule has 0 bridgehead atoms. The van der Waals surface area contributed by atoms with Crippen LogP contribution in [0.5, 0.6) is 0 Å². The van der Waals surface area contributed by atoms with Gasteiger partial charge in [0.25, 0.3) is 0 Å². The van der Waals surface area contributed by atoms with Gasteiger partial charge in [-0.1, -0.05) is 34.8 Å². The lowest BCUT2D eigenvalue weighted by atomic mass is 10.7. The average molecular weight is 161 g/mol. The van der Waals surface area contributed by atoms with Crippen molar-refractivity contribution in [2.75, 3.05) is 0 Å². The van der Waals surface area contributed by atoms with Gasteiger partial charge < -0.3 is 5.11 Å². The number of rotatable bonds is 0. The summed E-state index contributed by atoms with van der Waals surface area (Å²) < 4.78 is -1.46. The van der Waals surface area contributed by atoms with Crippen LogP contribution in [0.3, 0.4) is 0 Å². The SMILES string of the molecule is O/C=C\C(Cl)(Cl)Cl. The van der Waals surface area contributed by atoms with Gasteiger partial charge in [0.15, 0.2) is 0 Å². The Hall–Kier alpha value is 0.410. The Labute approximate surface area is 56.5 Å². The molecule has 0 aromatic heterocycles. The maximum absolute atomic E-state index is 7.97. The van der Waals surface area contributed by atoms with Gasteiger partial charge in [-0.15, -0.1) is 0 Å². The summed E-state index contributed by atoms with van der Waals surface area (Å²) in [5, 5.41) is 7.97. The molecule has 0 aliphatic heterocycles. The predicted octanol–water partition coefficient (Wildman–Crippen LogP) is 2.43. The molecule has 0 aromatic carbocycles. The summed E-state index contributed by atoms with van der Waals surface area (Å²) >= 11 is 15.4. The van der Waals surface area contributed by atoms with Crippen LogP contribution in [0.1, 0.15) is 0 Å². The van der Waals surface area contributed by atoms with E-state index >= 15 is 0 Å². The van der Waals surface area contributed by atoms with Crippen molar-refractivity contribution in [2.45, 2.75) is 3.79 Å². The van der Waals surface area contributed by atoms with Crippen LogP contribution in [-0.4, -0.2) is 8.90 Å². The minimum Gasteiger partial charge on any atom is -0.516 e. The lowest BCUT2D eigenvalue weighted by molar-refractivity contribution is 0.472. The lowest BCUT2D eigenvalue weighted by Crippen LogP contribution is -1.93. The number of aliphatic hydroxyl groups excluding tert-OH is 1. The largest absolute Gasteiger partial charge is 0.516 e. The Morgan fingerprint density at radius 2 is 1.71 bits per heavy atom. The Balaban J connectivity index is 3.56. The number of hydrogen-bond donors (Lipinski definition) is 1. The van der Waals surface area contributed by atoms with Crippen molar-refractivity contribution < 1.29 is 5.11 Å². The molecule has 0 aromatic rings. The fraction of sp³-hybridized carbons (Fsp3) is 0.333. The lowest BCUT2D eigenvalue weighted by Gasteiger charge is -1.98. The second-order valence-electron chi connectivity index (χ2n) is 0.857. The summed E-state index contributed by atoms with van der Waals surface area (Å²) in [6.07, 6.45) is 1.73. The van der Waals surface area contributed by atoms with Crippen LogP contribution in [0.4, 0.5) is 0 Å². The van der Waals surface area contributed by atoms with E-state index in [4.69, 9.17) is 39.9 Å². The summed E-state index contributed by atoms with van der Waals surface area (Å²) in [5.74, 6) is 0. The standard InChI is InChI=1S/C3H3Cl3O/c4-3(5,6)1-2-7/h1-2,7H/b2-1-. The molecule has 0 spiro atoms. The van der Waals surface area contributed by atoms with Crippen LogP contribution < -0.4 is 0 Å². The van der Waals surface area contributed by atoms with Gasteiger partial charge in [0, 0.05) is 6.08 Å². The minimum atomic E-state index is -1.46. The van der Waals surface area contributed by atoms with Crippen molar-refractivity contribution in [3.63, 3.8) is 0 Å². The summed E-state index contributed by atoms with van der Waals surface area (Å²) in [4.78, 5) is 0. The second kappa shape index (κ2) is 2.65.